The van der Waals surface area contributed by atoms with Gasteiger partial charge in [0.2, 0.25) is 5.91 Å². The molecule has 1 N–H and O–H groups in total. The second-order valence-corrected chi connectivity index (χ2v) is 8.45. The third-order valence-corrected chi connectivity index (χ3v) is 6.40. The van der Waals surface area contributed by atoms with Crippen molar-refractivity contribution in [2.75, 3.05) is 20.8 Å². The number of amides is 2. The van der Waals surface area contributed by atoms with E-state index < -0.39 is 11.8 Å². The van der Waals surface area contributed by atoms with Gasteiger partial charge in [-0.3, -0.25) is 14.5 Å². The molecule has 1 aromatic rings. The van der Waals surface area contributed by atoms with Crippen molar-refractivity contribution >= 4 is 11.8 Å². The highest BCUT2D eigenvalue weighted by atomic mass is 16.5. The van der Waals surface area contributed by atoms with Gasteiger partial charge in [-0.2, -0.15) is 0 Å². The van der Waals surface area contributed by atoms with E-state index in [1.54, 1.807) is 23.1 Å². The summed E-state index contributed by atoms with van der Waals surface area (Å²) < 4.78 is 17.2. The standard InChI is InChI=1S/C22H30N2O5/c1-14-9-11-22(12-10-14)24(16(13-29-22)20(25)23-15-7-8-15)21(26)19-17(27-2)5-4-6-18(19)28-3/h4-6,14-16H,7-13H2,1-3H3,(H,23,25)/t14?,16-,22?/m1/s1. The molecule has 0 radical (unpaired) electrons. The first-order valence-corrected chi connectivity index (χ1v) is 10.5. The zero-order valence-corrected chi connectivity index (χ0v) is 17.4. The minimum atomic E-state index is -0.749. The van der Waals surface area contributed by atoms with E-state index in [1.165, 1.54) is 14.2 Å². The Morgan fingerprint density at radius 2 is 1.72 bits per heavy atom. The van der Waals surface area contributed by atoms with Crippen molar-refractivity contribution in [2.24, 2.45) is 5.92 Å². The fraction of sp³-hybridized carbons (Fsp3) is 0.636. The van der Waals surface area contributed by atoms with E-state index in [9.17, 15) is 9.59 Å². The van der Waals surface area contributed by atoms with Crippen molar-refractivity contribution in [3.8, 4) is 11.5 Å². The van der Waals surface area contributed by atoms with Crippen molar-refractivity contribution in [1.82, 2.24) is 10.2 Å². The zero-order chi connectivity index (χ0) is 20.6. The summed E-state index contributed by atoms with van der Waals surface area (Å²) in [6.07, 6.45) is 5.37. The first kappa shape index (κ1) is 20.0. The number of hydrogen-bond donors (Lipinski definition) is 1. The third-order valence-electron chi connectivity index (χ3n) is 6.40. The van der Waals surface area contributed by atoms with Gasteiger partial charge < -0.3 is 19.5 Å². The lowest BCUT2D eigenvalue weighted by atomic mass is 9.83. The van der Waals surface area contributed by atoms with Crippen molar-refractivity contribution in [3.05, 3.63) is 23.8 Å². The van der Waals surface area contributed by atoms with E-state index in [-0.39, 0.29) is 24.5 Å². The molecule has 7 heteroatoms. The Morgan fingerprint density at radius 3 is 2.28 bits per heavy atom. The van der Waals surface area contributed by atoms with Gasteiger partial charge >= 0.3 is 0 Å². The molecule has 158 valence electrons. The Labute approximate surface area is 171 Å². The average molecular weight is 402 g/mol. The zero-order valence-electron chi connectivity index (χ0n) is 17.4. The third kappa shape index (κ3) is 3.68. The summed E-state index contributed by atoms with van der Waals surface area (Å²) in [6, 6.07) is 4.84. The molecule has 3 fully saturated rings. The first-order chi connectivity index (χ1) is 14.0. The Hall–Kier alpha value is -2.28. The SMILES string of the molecule is COc1cccc(OC)c1C(=O)N1[C@@H](C(=O)NC2CC2)COC12CCC(C)CC2. The van der Waals surface area contributed by atoms with Gasteiger partial charge in [0.05, 0.1) is 20.8 Å². The van der Waals surface area contributed by atoms with Gasteiger partial charge in [-0.15, -0.1) is 0 Å². The molecule has 7 nitrogen and oxygen atoms in total. The van der Waals surface area contributed by atoms with Crippen molar-refractivity contribution in [2.45, 2.75) is 63.3 Å². The molecular formula is C22H30N2O5. The number of carbonyl (C=O) groups excluding carboxylic acids is 2. The van der Waals surface area contributed by atoms with Gasteiger partial charge in [-0.1, -0.05) is 13.0 Å². The summed E-state index contributed by atoms with van der Waals surface area (Å²) in [7, 11) is 3.06. The van der Waals surface area contributed by atoms with Gasteiger partial charge in [-0.25, -0.2) is 0 Å². The molecule has 2 aliphatic carbocycles. The monoisotopic (exact) mass is 402 g/mol. The normalized spacial score (nSPS) is 29.0. The Morgan fingerprint density at radius 1 is 1.10 bits per heavy atom. The van der Waals surface area contributed by atoms with Crippen LogP contribution < -0.4 is 14.8 Å². The Balaban J connectivity index is 1.72. The van der Waals surface area contributed by atoms with E-state index in [0.717, 1.165) is 38.5 Å². The highest BCUT2D eigenvalue weighted by Gasteiger charge is 2.54. The number of benzene rings is 1. The van der Waals surface area contributed by atoms with Crippen molar-refractivity contribution in [1.29, 1.82) is 0 Å². The number of carbonyl (C=O) groups is 2. The lowest BCUT2D eigenvalue weighted by molar-refractivity contribution is -0.128. The summed E-state index contributed by atoms with van der Waals surface area (Å²) in [5, 5.41) is 3.04. The van der Waals surface area contributed by atoms with Crippen LogP contribution in [0.5, 0.6) is 11.5 Å². The van der Waals surface area contributed by atoms with Crippen LogP contribution in [0.1, 0.15) is 55.8 Å². The lowest BCUT2D eigenvalue weighted by Gasteiger charge is -2.43. The van der Waals surface area contributed by atoms with Crippen molar-refractivity contribution in [3.63, 3.8) is 0 Å². The molecule has 2 amide bonds. The van der Waals surface area contributed by atoms with E-state index in [0.29, 0.717) is 23.0 Å². The van der Waals surface area contributed by atoms with Gasteiger partial charge in [0.15, 0.2) is 0 Å². The summed E-state index contributed by atoms with van der Waals surface area (Å²) in [6.45, 7) is 2.44. The van der Waals surface area contributed by atoms with E-state index >= 15 is 0 Å². The quantitative estimate of drug-likeness (QED) is 0.820. The first-order valence-electron chi connectivity index (χ1n) is 10.5. The lowest BCUT2D eigenvalue weighted by Crippen LogP contribution is -2.57. The molecule has 1 heterocycles. The molecule has 1 spiro atoms. The van der Waals surface area contributed by atoms with E-state index in [2.05, 4.69) is 12.2 Å². The molecule has 2 saturated carbocycles. The van der Waals surface area contributed by atoms with Crippen LogP contribution >= 0.6 is 0 Å². The van der Waals surface area contributed by atoms with Crippen LogP contribution in [0.2, 0.25) is 0 Å². The fourth-order valence-electron chi connectivity index (χ4n) is 4.49. The van der Waals surface area contributed by atoms with Crippen LogP contribution in [0.4, 0.5) is 0 Å². The van der Waals surface area contributed by atoms with Gasteiger partial charge in [0.25, 0.3) is 5.91 Å². The molecule has 1 aliphatic heterocycles. The molecule has 29 heavy (non-hydrogen) atoms. The largest absolute Gasteiger partial charge is 0.496 e. The predicted molar refractivity (Wildman–Crippen MR) is 107 cm³/mol. The molecule has 1 aromatic carbocycles. The number of ether oxygens (including phenoxy) is 3. The maximum absolute atomic E-state index is 13.9. The van der Waals surface area contributed by atoms with Gasteiger partial charge in [0.1, 0.15) is 28.8 Å². The van der Waals surface area contributed by atoms with Crippen molar-refractivity contribution < 1.29 is 23.8 Å². The number of nitrogens with zero attached hydrogens (tertiary/aromatic N) is 1. The predicted octanol–water partition coefficient (Wildman–Crippen LogP) is 2.73. The van der Waals surface area contributed by atoms with Gasteiger partial charge in [-0.05, 0) is 56.6 Å². The molecular weight excluding hydrogens is 372 g/mol. The Kier molecular flexibility index (Phi) is 5.42. The second-order valence-electron chi connectivity index (χ2n) is 8.45. The molecule has 1 saturated heterocycles. The number of hydrogen-bond acceptors (Lipinski definition) is 5. The summed E-state index contributed by atoms with van der Waals surface area (Å²) in [5.41, 5.74) is -0.411. The smallest absolute Gasteiger partial charge is 0.264 e. The maximum Gasteiger partial charge on any atom is 0.264 e. The minimum absolute atomic E-state index is 0.134. The van der Waals surface area contributed by atoms with Crippen LogP contribution in [0.15, 0.2) is 18.2 Å². The van der Waals surface area contributed by atoms with E-state index in [1.807, 2.05) is 0 Å². The average Bonchev–Trinajstić information content (AvgIpc) is 3.47. The minimum Gasteiger partial charge on any atom is -0.496 e. The number of rotatable bonds is 5. The van der Waals surface area contributed by atoms with Crippen LogP contribution in [-0.4, -0.2) is 55.3 Å². The topological polar surface area (TPSA) is 77.1 Å². The summed E-state index contributed by atoms with van der Waals surface area (Å²) in [5.74, 6) is 1.04. The molecule has 3 aliphatic rings. The van der Waals surface area contributed by atoms with Crippen LogP contribution in [-0.2, 0) is 9.53 Å². The highest BCUT2D eigenvalue weighted by Crippen LogP contribution is 2.44. The Bertz CT molecular complexity index is 761. The molecule has 4 rings (SSSR count). The number of methoxy groups -OCH3 is 2. The summed E-state index contributed by atoms with van der Waals surface area (Å²) in [4.78, 5) is 28.6. The van der Waals surface area contributed by atoms with E-state index in [4.69, 9.17) is 14.2 Å². The van der Waals surface area contributed by atoms with Crippen LogP contribution in [0, 0.1) is 5.92 Å². The fourth-order valence-corrected chi connectivity index (χ4v) is 4.49. The summed E-state index contributed by atoms with van der Waals surface area (Å²) >= 11 is 0. The maximum atomic E-state index is 13.9. The van der Waals surface area contributed by atoms with Crippen LogP contribution in [0.3, 0.4) is 0 Å². The molecule has 1 atom stereocenters. The van der Waals surface area contributed by atoms with Crippen LogP contribution in [0.25, 0.3) is 0 Å². The molecule has 0 unspecified atom stereocenters. The highest BCUT2D eigenvalue weighted by molar-refractivity contribution is 6.02. The van der Waals surface area contributed by atoms with Gasteiger partial charge in [0, 0.05) is 6.04 Å². The second kappa shape index (κ2) is 7.86. The molecule has 0 aromatic heterocycles. The molecule has 0 bridgehead atoms. The number of nitrogens with one attached hydrogen (secondary N) is 1.